The molecule has 1 heterocycles. The number of hydrogen-bond donors (Lipinski definition) is 3. The van der Waals surface area contributed by atoms with Crippen LogP contribution in [0.15, 0.2) is 52.9 Å². The number of ether oxygens (including phenoxy) is 2. The van der Waals surface area contributed by atoms with E-state index in [1.807, 2.05) is 13.8 Å². The second kappa shape index (κ2) is 13.5. The van der Waals surface area contributed by atoms with E-state index >= 15 is 4.39 Å². The zero-order valence-corrected chi connectivity index (χ0v) is 24.4. The number of hydrogen-bond acceptors (Lipinski definition) is 10. The van der Waals surface area contributed by atoms with Crippen molar-refractivity contribution in [2.75, 3.05) is 30.4 Å². The Hall–Kier alpha value is -4.08. The Bertz CT molecular complexity index is 1510. The summed E-state index contributed by atoms with van der Waals surface area (Å²) in [5.74, 6) is -2.47. The Morgan fingerprint density at radius 1 is 1.20 bits per heavy atom. The second-order valence-electron chi connectivity index (χ2n) is 9.20. The zero-order chi connectivity index (χ0) is 30.3. The van der Waals surface area contributed by atoms with Gasteiger partial charge < -0.3 is 14.8 Å². The number of hydroxylamine groups is 2. The van der Waals surface area contributed by atoms with Crippen LogP contribution < -0.4 is 14.4 Å². The number of amidine groups is 1. The van der Waals surface area contributed by atoms with Crippen molar-refractivity contribution in [3.63, 3.8) is 0 Å². The molecule has 1 aromatic heterocycles. The van der Waals surface area contributed by atoms with E-state index in [1.54, 1.807) is 24.3 Å². The SMILES string of the molecule is COc1ccc(CN(c2scnc2C(=O)OCC(C)C)S(=O)(=O)c2ccc(NC(=O)CC(=N)N(C)O)c(F)c2)cc1. The Balaban J connectivity index is 1.99. The molecule has 0 atom stereocenters. The molecule has 3 rings (SSSR count). The van der Waals surface area contributed by atoms with Crippen molar-refractivity contribution in [1.29, 1.82) is 5.41 Å². The van der Waals surface area contributed by atoms with Crippen molar-refractivity contribution in [2.24, 2.45) is 5.92 Å². The number of amides is 1. The molecule has 220 valence electrons. The number of sulfonamides is 1. The first-order chi connectivity index (χ1) is 19.3. The van der Waals surface area contributed by atoms with Crippen LogP contribution in [0.3, 0.4) is 0 Å². The van der Waals surface area contributed by atoms with E-state index in [1.165, 1.54) is 12.6 Å². The van der Waals surface area contributed by atoms with Crippen LogP contribution in [0.5, 0.6) is 5.75 Å². The van der Waals surface area contributed by atoms with E-state index in [4.69, 9.17) is 14.9 Å². The molecule has 0 saturated heterocycles. The van der Waals surface area contributed by atoms with Gasteiger partial charge in [0.25, 0.3) is 10.0 Å². The smallest absolute Gasteiger partial charge is 0.360 e. The maximum absolute atomic E-state index is 15.0. The van der Waals surface area contributed by atoms with Crippen LogP contribution in [0.4, 0.5) is 15.1 Å². The van der Waals surface area contributed by atoms with Gasteiger partial charge in [0.05, 0.1) is 42.8 Å². The van der Waals surface area contributed by atoms with Gasteiger partial charge >= 0.3 is 5.97 Å². The summed E-state index contributed by atoms with van der Waals surface area (Å²) in [5, 5.41) is 19.4. The van der Waals surface area contributed by atoms with Crippen LogP contribution >= 0.6 is 11.3 Å². The highest BCUT2D eigenvalue weighted by molar-refractivity contribution is 7.93. The van der Waals surface area contributed by atoms with E-state index in [-0.39, 0.29) is 35.5 Å². The number of thiazole rings is 1. The molecular weight excluding hydrogens is 577 g/mol. The lowest BCUT2D eigenvalue weighted by Crippen LogP contribution is -2.31. The lowest BCUT2D eigenvalue weighted by atomic mass is 10.2. The molecule has 0 unspecified atom stereocenters. The number of nitrogens with one attached hydrogen (secondary N) is 2. The van der Waals surface area contributed by atoms with Crippen LogP contribution in [0.1, 0.15) is 36.3 Å². The fourth-order valence-electron chi connectivity index (χ4n) is 3.38. The molecule has 0 spiro atoms. The Kier molecular flexibility index (Phi) is 10.4. The zero-order valence-electron chi connectivity index (χ0n) is 22.8. The topological polar surface area (TPSA) is 162 Å². The molecule has 41 heavy (non-hydrogen) atoms. The highest BCUT2D eigenvalue weighted by Gasteiger charge is 2.32. The van der Waals surface area contributed by atoms with Gasteiger partial charge in [0, 0.05) is 7.05 Å². The van der Waals surface area contributed by atoms with Gasteiger partial charge in [0.1, 0.15) is 22.4 Å². The second-order valence-corrected chi connectivity index (χ2v) is 11.9. The van der Waals surface area contributed by atoms with Crippen molar-refractivity contribution >= 4 is 49.8 Å². The predicted octanol–water partition coefficient (Wildman–Crippen LogP) is 4.13. The molecule has 0 aliphatic rings. The number of aromatic nitrogens is 1. The number of esters is 1. The normalized spacial score (nSPS) is 11.2. The summed E-state index contributed by atoms with van der Waals surface area (Å²) >= 11 is 0.907. The summed E-state index contributed by atoms with van der Waals surface area (Å²) in [5.41, 5.74) is 1.34. The van der Waals surface area contributed by atoms with E-state index in [0.717, 1.165) is 40.9 Å². The van der Waals surface area contributed by atoms with Crippen molar-refractivity contribution in [2.45, 2.75) is 31.7 Å². The fraction of sp³-hybridized carbons (Fsp3) is 0.308. The minimum Gasteiger partial charge on any atom is -0.497 e. The highest BCUT2D eigenvalue weighted by atomic mass is 32.2. The molecule has 1 amide bonds. The molecular formula is C26H30FN5O7S2. The summed E-state index contributed by atoms with van der Waals surface area (Å²) in [6.45, 7) is 3.58. The monoisotopic (exact) mass is 607 g/mol. The minimum absolute atomic E-state index is 0.0148. The van der Waals surface area contributed by atoms with Gasteiger partial charge in [-0.1, -0.05) is 26.0 Å². The van der Waals surface area contributed by atoms with Gasteiger partial charge in [-0.3, -0.25) is 19.7 Å². The number of benzene rings is 2. The Morgan fingerprint density at radius 3 is 2.46 bits per heavy atom. The fourth-order valence-corrected chi connectivity index (χ4v) is 5.86. The average molecular weight is 608 g/mol. The Morgan fingerprint density at radius 2 is 1.88 bits per heavy atom. The maximum Gasteiger partial charge on any atom is 0.360 e. The summed E-state index contributed by atoms with van der Waals surface area (Å²) in [6.07, 6.45) is -0.538. The van der Waals surface area contributed by atoms with Crippen LogP contribution in [-0.2, 0) is 26.1 Å². The van der Waals surface area contributed by atoms with E-state index in [2.05, 4.69) is 10.3 Å². The quantitative estimate of drug-likeness (QED) is 0.119. The summed E-state index contributed by atoms with van der Waals surface area (Å²) in [6, 6.07) is 9.53. The standard InChI is InChI=1S/C26H30FN5O7S2/c1-16(2)14-39-26(34)24-25(40-15-29-24)32(13-17-5-7-18(38-4)8-6-17)41(36,37)19-9-10-21(20(27)11-19)30-23(33)12-22(28)31(3)35/h5-11,15-16,28,35H,12-14H2,1-4H3,(H,30,33). The van der Waals surface area contributed by atoms with Gasteiger partial charge in [-0.05, 0) is 41.8 Å². The van der Waals surface area contributed by atoms with Gasteiger partial charge in [-0.2, -0.15) is 0 Å². The number of rotatable bonds is 12. The van der Waals surface area contributed by atoms with Crippen LogP contribution in [0, 0.1) is 17.1 Å². The maximum atomic E-state index is 15.0. The van der Waals surface area contributed by atoms with Gasteiger partial charge in [-0.25, -0.2) is 27.6 Å². The molecule has 0 aliphatic carbocycles. The third-order valence-electron chi connectivity index (χ3n) is 5.52. The van der Waals surface area contributed by atoms with E-state index < -0.39 is 44.9 Å². The highest BCUT2D eigenvalue weighted by Crippen LogP contribution is 2.34. The summed E-state index contributed by atoms with van der Waals surface area (Å²) in [7, 11) is -1.83. The molecule has 3 aromatic rings. The molecule has 2 aromatic carbocycles. The third-order valence-corrected chi connectivity index (χ3v) is 8.23. The first kappa shape index (κ1) is 31.4. The van der Waals surface area contributed by atoms with Crippen LogP contribution in [0.25, 0.3) is 0 Å². The molecule has 3 N–H and O–H groups in total. The summed E-state index contributed by atoms with van der Waals surface area (Å²) in [4.78, 5) is 28.5. The molecule has 0 radical (unpaired) electrons. The molecule has 15 heteroatoms. The van der Waals surface area contributed by atoms with E-state index in [0.29, 0.717) is 16.4 Å². The molecule has 0 saturated carbocycles. The minimum atomic E-state index is -4.48. The number of carbonyl (C=O) groups is 2. The average Bonchev–Trinajstić information content (AvgIpc) is 3.41. The largest absolute Gasteiger partial charge is 0.497 e. The number of methoxy groups -OCH3 is 1. The lowest BCUT2D eigenvalue weighted by molar-refractivity contribution is -0.115. The molecule has 0 bridgehead atoms. The lowest BCUT2D eigenvalue weighted by Gasteiger charge is -2.24. The van der Waals surface area contributed by atoms with E-state index in [9.17, 15) is 23.2 Å². The first-order valence-corrected chi connectivity index (χ1v) is 14.5. The van der Waals surface area contributed by atoms with Crippen LogP contribution in [0.2, 0.25) is 0 Å². The van der Waals surface area contributed by atoms with Crippen molar-refractivity contribution in [1.82, 2.24) is 10.0 Å². The van der Waals surface area contributed by atoms with Gasteiger partial charge in [0.15, 0.2) is 5.69 Å². The summed E-state index contributed by atoms with van der Waals surface area (Å²) < 4.78 is 54.3. The molecule has 12 nitrogen and oxygen atoms in total. The first-order valence-electron chi connectivity index (χ1n) is 12.2. The van der Waals surface area contributed by atoms with Crippen molar-refractivity contribution in [3.05, 3.63) is 65.0 Å². The third kappa shape index (κ3) is 7.99. The predicted molar refractivity (Wildman–Crippen MR) is 151 cm³/mol. The molecule has 0 aliphatic heterocycles. The number of anilines is 2. The number of carbonyl (C=O) groups excluding carboxylic acids is 2. The van der Waals surface area contributed by atoms with Gasteiger partial charge in [-0.15, -0.1) is 11.3 Å². The molecule has 0 fully saturated rings. The van der Waals surface area contributed by atoms with Gasteiger partial charge in [0.2, 0.25) is 5.91 Å². The number of nitrogens with zero attached hydrogens (tertiary/aromatic N) is 3. The van der Waals surface area contributed by atoms with Crippen LogP contribution in [-0.4, -0.2) is 62.1 Å². The number of halogens is 1. The van der Waals surface area contributed by atoms with Crippen molar-refractivity contribution < 1.29 is 37.1 Å². The van der Waals surface area contributed by atoms with Crippen molar-refractivity contribution in [3.8, 4) is 5.75 Å². The Labute approximate surface area is 240 Å².